The number of benzene rings is 1. The van der Waals surface area contributed by atoms with Gasteiger partial charge in [0.25, 0.3) is 0 Å². The fraction of sp³-hybridized carbons (Fsp3) is 0.500. The van der Waals surface area contributed by atoms with Gasteiger partial charge in [-0.15, -0.1) is 0 Å². The molecule has 0 saturated carbocycles. The van der Waals surface area contributed by atoms with Crippen LogP contribution in [0, 0.1) is 5.92 Å². The number of carbonyl (C=O) groups excluding carboxylic acids is 1. The molecule has 0 aliphatic carbocycles. The Morgan fingerprint density at radius 1 is 1.33 bits per heavy atom. The van der Waals surface area contributed by atoms with Gasteiger partial charge in [-0.2, -0.15) is 0 Å². The van der Waals surface area contributed by atoms with E-state index >= 15 is 0 Å². The van der Waals surface area contributed by atoms with Crippen molar-refractivity contribution in [3.63, 3.8) is 0 Å². The summed E-state index contributed by atoms with van der Waals surface area (Å²) in [5.74, 6) is 0.703. The molecular formula is C16H20N2O6. The van der Waals surface area contributed by atoms with Gasteiger partial charge in [0.15, 0.2) is 11.5 Å². The molecule has 8 nitrogen and oxygen atoms in total. The molecule has 0 bridgehead atoms. The highest BCUT2D eigenvalue weighted by molar-refractivity contribution is 5.78. The van der Waals surface area contributed by atoms with Crippen LogP contribution >= 0.6 is 0 Å². The number of amides is 1. The summed E-state index contributed by atoms with van der Waals surface area (Å²) in [5.41, 5.74) is 0. The zero-order valence-electron chi connectivity index (χ0n) is 13.2. The third-order valence-corrected chi connectivity index (χ3v) is 4.03. The maximum absolute atomic E-state index is 11.8. The minimum absolute atomic E-state index is 0.129. The molecule has 1 aromatic rings. The second-order valence-corrected chi connectivity index (χ2v) is 5.77. The first-order valence-corrected chi connectivity index (χ1v) is 7.86. The highest BCUT2D eigenvalue weighted by Gasteiger charge is 2.28. The van der Waals surface area contributed by atoms with Crippen LogP contribution in [0.4, 0.5) is 0 Å². The van der Waals surface area contributed by atoms with Crippen LogP contribution in [0.1, 0.15) is 6.42 Å². The fourth-order valence-electron chi connectivity index (χ4n) is 2.76. The fourth-order valence-corrected chi connectivity index (χ4v) is 2.76. The monoisotopic (exact) mass is 336 g/mol. The first-order chi connectivity index (χ1) is 11.6. The number of nitrogens with zero attached hydrogens (tertiary/aromatic N) is 1. The summed E-state index contributed by atoms with van der Waals surface area (Å²) in [6.45, 7) is 2.21. The van der Waals surface area contributed by atoms with Gasteiger partial charge in [-0.1, -0.05) is 0 Å². The number of ether oxygens (including phenoxy) is 3. The molecule has 1 unspecified atom stereocenters. The molecule has 1 saturated heterocycles. The predicted octanol–water partition coefficient (Wildman–Crippen LogP) is 0.317. The molecular weight excluding hydrogens is 316 g/mol. The third-order valence-electron chi connectivity index (χ3n) is 4.03. The Bertz CT molecular complexity index is 621. The number of carbonyl (C=O) groups is 2. The molecule has 0 aromatic heterocycles. The number of hydrogen-bond donors (Lipinski definition) is 2. The van der Waals surface area contributed by atoms with Gasteiger partial charge in [0.05, 0.1) is 19.0 Å². The number of carboxylic acids is 1. The average molecular weight is 336 g/mol. The standard InChI is InChI=1S/C16H20N2O6/c19-15(9-18-5-3-11(8-18)16(20)21)17-4-6-22-12-1-2-13-14(7-12)24-10-23-13/h1-2,7,11H,3-6,8-10H2,(H,17,19)(H,20,21). The summed E-state index contributed by atoms with van der Waals surface area (Å²) in [4.78, 5) is 24.6. The van der Waals surface area contributed by atoms with Crippen LogP contribution in [-0.2, 0) is 9.59 Å². The van der Waals surface area contributed by atoms with Gasteiger partial charge in [0.1, 0.15) is 12.4 Å². The van der Waals surface area contributed by atoms with Crippen molar-refractivity contribution in [3.8, 4) is 17.2 Å². The lowest BCUT2D eigenvalue weighted by atomic mass is 10.1. The van der Waals surface area contributed by atoms with E-state index in [9.17, 15) is 9.59 Å². The lowest BCUT2D eigenvalue weighted by molar-refractivity contribution is -0.141. The molecule has 1 amide bonds. The Hall–Kier alpha value is -2.48. The lowest BCUT2D eigenvalue weighted by Gasteiger charge is -2.15. The van der Waals surface area contributed by atoms with Gasteiger partial charge in [0.2, 0.25) is 12.7 Å². The van der Waals surface area contributed by atoms with E-state index in [2.05, 4.69) is 5.32 Å². The van der Waals surface area contributed by atoms with Crippen molar-refractivity contribution in [2.45, 2.75) is 6.42 Å². The van der Waals surface area contributed by atoms with Gasteiger partial charge >= 0.3 is 5.97 Å². The van der Waals surface area contributed by atoms with Crippen molar-refractivity contribution in [2.75, 3.05) is 39.6 Å². The normalized spacial score (nSPS) is 19.2. The van der Waals surface area contributed by atoms with E-state index in [0.717, 1.165) is 0 Å². The molecule has 2 aliphatic rings. The summed E-state index contributed by atoms with van der Waals surface area (Å²) in [5, 5.41) is 11.7. The largest absolute Gasteiger partial charge is 0.492 e. The van der Waals surface area contributed by atoms with Crippen LogP contribution < -0.4 is 19.5 Å². The van der Waals surface area contributed by atoms with Crippen molar-refractivity contribution in [2.24, 2.45) is 5.92 Å². The number of fused-ring (bicyclic) bond motifs is 1. The van der Waals surface area contributed by atoms with E-state index in [-0.39, 0.29) is 25.2 Å². The smallest absolute Gasteiger partial charge is 0.307 e. The van der Waals surface area contributed by atoms with Gasteiger partial charge in [-0.05, 0) is 25.1 Å². The average Bonchev–Trinajstić information content (AvgIpc) is 3.20. The SMILES string of the molecule is O=C(CN1CCC(C(=O)O)C1)NCCOc1ccc2c(c1)OCO2. The van der Waals surface area contributed by atoms with Crippen LogP contribution in [0.2, 0.25) is 0 Å². The summed E-state index contributed by atoms with van der Waals surface area (Å²) in [6.07, 6.45) is 0.593. The van der Waals surface area contributed by atoms with Crippen LogP contribution in [0.3, 0.4) is 0 Å². The molecule has 3 rings (SSSR count). The Labute approximate surface area is 139 Å². The summed E-state index contributed by atoms with van der Waals surface area (Å²) < 4.78 is 16.0. The Kier molecular flexibility index (Phi) is 5.05. The number of hydrogen-bond acceptors (Lipinski definition) is 6. The highest BCUT2D eigenvalue weighted by atomic mass is 16.7. The van der Waals surface area contributed by atoms with Gasteiger partial charge in [-0.25, -0.2) is 0 Å². The molecule has 2 heterocycles. The molecule has 1 atom stereocenters. The number of likely N-dealkylation sites (tertiary alicyclic amines) is 1. The minimum atomic E-state index is -0.796. The summed E-state index contributed by atoms with van der Waals surface area (Å²) in [7, 11) is 0. The first-order valence-electron chi connectivity index (χ1n) is 7.86. The van der Waals surface area contributed by atoms with E-state index in [1.165, 1.54) is 0 Å². The lowest BCUT2D eigenvalue weighted by Crippen LogP contribution is -2.38. The molecule has 2 N–H and O–H groups in total. The topological polar surface area (TPSA) is 97.3 Å². The van der Waals surface area contributed by atoms with E-state index < -0.39 is 5.97 Å². The molecule has 0 spiro atoms. The second kappa shape index (κ2) is 7.39. The maximum Gasteiger partial charge on any atom is 0.307 e. The summed E-state index contributed by atoms with van der Waals surface area (Å²) >= 11 is 0. The van der Waals surface area contributed by atoms with Gasteiger partial charge < -0.3 is 24.6 Å². The molecule has 1 aromatic carbocycles. The number of rotatable bonds is 7. The van der Waals surface area contributed by atoms with Crippen molar-refractivity contribution in [3.05, 3.63) is 18.2 Å². The van der Waals surface area contributed by atoms with Crippen LogP contribution in [0.25, 0.3) is 0 Å². The Balaban J connectivity index is 1.33. The second-order valence-electron chi connectivity index (χ2n) is 5.77. The molecule has 0 radical (unpaired) electrons. The van der Waals surface area contributed by atoms with Crippen LogP contribution in [0.5, 0.6) is 17.2 Å². The zero-order valence-corrected chi connectivity index (χ0v) is 13.2. The van der Waals surface area contributed by atoms with E-state index in [1.807, 2.05) is 4.90 Å². The van der Waals surface area contributed by atoms with E-state index in [1.54, 1.807) is 18.2 Å². The first kappa shape index (κ1) is 16.4. The van der Waals surface area contributed by atoms with Crippen molar-refractivity contribution < 1.29 is 28.9 Å². The molecule has 24 heavy (non-hydrogen) atoms. The molecule has 1 fully saturated rings. The van der Waals surface area contributed by atoms with Crippen LogP contribution in [-0.4, -0.2) is 61.5 Å². The van der Waals surface area contributed by atoms with E-state index in [0.29, 0.717) is 49.9 Å². The highest BCUT2D eigenvalue weighted by Crippen LogP contribution is 2.34. The number of nitrogens with one attached hydrogen (secondary N) is 1. The molecule has 130 valence electrons. The van der Waals surface area contributed by atoms with E-state index in [4.69, 9.17) is 19.3 Å². The minimum Gasteiger partial charge on any atom is -0.492 e. The third kappa shape index (κ3) is 4.08. The quantitative estimate of drug-likeness (QED) is 0.692. The van der Waals surface area contributed by atoms with Gasteiger partial charge in [0, 0.05) is 12.6 Å². The number of aliphatic carboxylic acids is 1. The zero-order chi connectivity index (χ0) is 16.9. The summed E-state index contributed by atoms with van der Waals surface area (Å²) in [6, 6.07) is 5.31. The van der Waals surface area contributed by atoms with Crippen molar-refractivity contribution in [1.82, 2.24) is 10.2 Å². The molecule has 2 aliphatic heterocycles. The van der Waals surface area contributed by atoms with Gasteiger partial charge in [-0.3, -0.25) is 14.5 Å². The maximum atomic E-state index is 11.8. The Morgan fingerprint density at radius 3 is 2.96 bits per heavy atom. The molecule has 8 heteroatoms. The van der Waals surface area contributed by atoms with Crippen molar-refractivity contribution in [1.29, 1.82) is 0 Å². The van der Waals surface area contributed by atoms with Crippen LogP contribution in [0.15, 0.2) is 18.2 Å². The number of carboxylic acid groups (broad SMARTS) is 1. The predicted molar refractivity (Wildman–Crippen MR) is 83.3 cm³/mol. The van der Waals surface area contributed by atoms with Crippen molar-refractivity contribution >= 4 is 11.9 Å². The Morgan fingerprint density at radius 2 is 2.17 bits per heavy atom.